The van der Waals surface area contributed by atoms with Crippen molar-refractivity contribution in [2.75, 3.05) is 40.1 Å². The first-order valence-electron chi connectivity index (χ1n) is 15.2. The quantitative estimate of drug-likeness (QED) is 0.151. The third-order valence-corrected chi connectivity index (χ3v) is 8.20. The molecule has 2 amide bonds. The molecule has 0 bridgehead atoms. The first-order valence-corrected chi connectivity index (χ1v) is 15.6. The Morgan fingerprint density at radius 2 is 1.69 bits per heavy atom. The van der Waals surface area contributed by atoms with Gasteiger partial charge in [0, 0.05) is 60.8 Å². The van der Waals surface area contributed by atoms with Gasteiger partial charge in [0.05, 0.1) is 11.4 Å². The molecule has 51 heavy (non-hydrogen) atoms. The largest absolute Gasteiger partial charge is 0.490 e. The Hall–Kier alpha value is -5.84. The number of nitrogens with two attached hydrogens (primary N) is 1. The van der Waals surface area contributed by atoms with Crippen LogP contribution >= 0.6 is 11.6 Å². The number of amides is 2. The van der Waals surface area contributed by atoms with E-state index in [-0.39, 0.29) is 34.8 Å². The average molecular weight is 726 g/mol. The normalized spacial score (nSPS) is 12.0. The summed E-state index contributed by atoms with van der Waals surface area (Å²) in [7, 11) is 4.66. The SMILES string of the molecule is CNC(=O)c1ccc(-c2nn(C(C)c3cc(Cl)c(C)c(-c4ccc(C(=O)N(C)C)nc4)c3OCCOC(=O)C(F)(F)F)c3ncnc(N)c23)cn1. The highest BCUT2D eigenvalue weighted by Crippen LogP contribution is 2.44. The summed E-state index contributed by atoms with van der Waals surface area (Å²) in [5.41, 5.74) is 9.69. The first-order chi connectivity index (χ1) is 24.1. The molecule has 0 radical (unpaired) electrons. The van der Waals surface area contributed by atoms with Crippen LogP contribution in [0.4, 0.5) is 19.0 Å². The van der Waals surface area contributed by atoms with Gasteiger partial charge >= 0.3 is 12.1 Å². The molecule has 0 saturated heterocycles. The fourth-order valence-electron chi connectivity index (χ4n) is 5.21. The number of carbonyl (C=O) groups is 3. The predicted molar refractivity (Wildman–Crippen MR) is 180 cm³/mol. The summed E-state index contributed by atoms with van der Waals surface area (Å²) in [5.74, 6) is -2.78. The zero-order valence-corrected chi connectivity index (χ0v) is 28.6. The highest BCUT2D eigenvalue weighted by atomic mass is 35.5. The van der Waals surface area contributed by atoms with Gasteiger partial charge in [0.2, 0.25) is 0 Å². The number of ether oxygens (including phenoxy) is 2. The zero-order chi connectivity index (χ0) is 37.2. The molecule has 0 saturated carbocycles. The molecule has 266 valence electrons. The molecule has 0 aliphatic heterocycles. The molecule has 5 aromatic rings. The van der Waals surface area contributed by atoms with E-state index in [2.05, 4.69) is 30.0 Å². The predicted octanol–water partition coefficient (Wildman–Crippen LogP) is 4.65. The summed E-state index contributed by atoms with van der Waals surface area (Å²) in [6.07, 6.45) is -1.00. The third-order valence-electron chi connectivity index (χ3n) is 7.81. The lowest BCUT2D eigenvalue weighted by Gasteiger charge is -2.23. The maximum absolute atomic E-state index is 12.8. The van der Waals surface area contributed by atoms with Crippen molar-refractivity contribution < 1.29 is 37.0 Å². The van der Waals surface area contributed by atoms with Crippen molar-refractivity contribution in [3.63, 3.8) is 0 Å². The monoisotopic (exact) mass is 725 g/mol. The van der Waals surface area contributed by atoms with E-state index < -0.39 is 31.4 Å². The maximum atomic E-state index is 12.8. The minimum Gasteiger partial charge on any atom is -0.489 e. The topological polar surface area (TPSA) is 180 Å². The van der Waals surface area contributed by atoms with Crippen LogP contribution in [0.3, 0.4) is 0 Å². The number of aromatic nitrogens is 6. The molecule has 4 heterocycles. The number of nitrogens with one attached hydrogen (secondary N) is 1. The first kappa shape index (κ1) is 36.4. The Balaban J connectivity index is 1.65. The Kier molecular flexibility index (Phi) is 10.4. The van der Waals surface area contributed by atoms with E-state index in [4.69, 9.17) is 27.2 Å². The summed E-state index contributed by atoms with van der Waals surface area (Å²) in [5, 5.41) is 8.03. The van der Waals surface area contributed by atoms with Crippen LogP contribution in [0.5, 0.6) is 5.75 Å². The van der Waals surface area contributed by atoms with E-state index in [9.17, 15) is 27.6 Å². The highest BCUT2D eigenvalue weighted by Gasteiger charge is 2.41. The van der Waals surface area contributed by atoms with Crippen molar-refractivity contribution in [1.82, 2.24) is 39.9 Å². The van der Waals surface area contributed by atoms with Gasteiger partial charge in [-0.1, -0.05) is 17.7 Å². The van der Waals surface area contributed by atoms with Crippen molar-refractivity contribution in [3.05, 3.63) is 76.6 Å². The molecule has 1 aromatic carbocycles. The summed E-state index contributed by atoms with van der Waals surface area (Å²) < 4.78 is 50.5. The molecular weight excluding hydrogens is 695 g/mol. The van der Waals surface area contributed by atoms with Crippen molar-refractivity contribution >= 4 is 46.2 Å². The van der Waals surface area contributed by atoms with E-state index in [0.29, 0.717) is 49.6 Å². The number of hydrogen-bond acceptors (Lipinski definition) is 11. The van der Waals surface area contributed by atoms with Gasteiger partial charge in [-0.15, -0.1) is 0 Å². The lowest BCUT2D eigenvalue weighted by molar-refractivity contribution is -0.200. The minimum atomic E-state index is -5.18. The number of alkyl halides is 3. The number of esters is 1. The molecule has 0 spiro atoms. The third kappa shape index (κ3) is 7.38. The molecule has 14 nitrogen and oxygen atoms in total. The van der Waals surface area contributed by atoms with E-state index in [1.165, 1.54) is 42.8 Å². The number of rotatable bonds is 10. The molecule has 5 rings (SSSR count). The molecule has 18 heteroatoms. The Morgan fingerprint density at radius 3 is 2.29 bits per heavy atom. The number of nitrogens with zero attached hydrogens (tertiary/aromatic N) is 7. The van der Waals surface area contributed by atoms with Gasteiger partial charge < -0.3 is 25.4 Å². The molecule has 0 aliphatic carbocycles. The molecule has 0 aliphatic rings. The standard InChI is InChI=1S/C33H31ClF3N9O5/c1-16-21(34)12-20(17(2)46-29-25(28(38)42-15-43-29)26(44-46)19-7-8-22(40-14-19)30(47)39-3)27(50-10-11-51-32(49)33(35,36)37)24(16)18-6-9-23(41-13-18)31(48)45(4)5/h6-9,12-15,17H,10-11H2,1-5H3,(H,39,47)(H2,38,42,43). The van der Waals surface area contributed by atoms with Gasteiger partial charge in [-0.25, -0.2) is 19.4 Å². The van der Waals surface area contributed by atoms with Gasteiger partial charge in [0.25, 0.3) is 11.8 Å². The van der Waals surface area contributed by atoms with Crippen LogP contribution in [0.25, 0.3) is 33.4 Å². The second-order valence-electron chi connectivity index (χ2n) is 11.3. The lowest BCUT2D eigenvalue weighted by atomic mass is 9.94. The molecule has 1 unspecified atom stereocenters. The van der Waals surface area contributed by atoms with Crippen LogP contribution in [-0.2, 0) is 9.53 Å². The van der Waals surface area contributed by atoms with E-state index in [1.807, 2.05) is 0 Å². The molecule has 0 fully saturated rings. The molecular formula is C33H31ClF3N9O5. The smallest absolute Gasteiger partial charge is 0.489 e. The van der Waals surface area contributed by atoms with Crippen molar-refractivity contribution in [2.45, 2.75) is 26.1 Å². The summed E-state index contributed by atoms with van der Waals surface area (Å²) in [4.78, 5) is 54.5. The number of anilines is 1. The zero-order valence-electron chi connectivity index (χ0n) is 27.9. The number of nitrogen functional groups attached to an aromatic ring is 1. The van der Waals surface area contributed by atoms with Crippen molar-refractivity contribution in [2.24, 2.45) is 0 Å². The number of carbonyl (C=O) groups excluding carboxylic acids is 3. The summed E-state index contributed by atoms with van der Waals surface area (Å²) in [6, 6.07) is 7.22. The van der Waals surface area contributed by atoms with Gasteiger partial charge in [-0.2, -0.15) is 18.3 Å². The van der Waals surface area contributed by atoms with Gasteiger partial charge in [-0.05, 0) is 43.7 Å². The minimum absolute atomic E-state index is 0.118. The molecule has 1 atom stereocenters. The van der Waals surface area contributed by atoms with Crippen LogP contribution in [0, 0.1) is 6.92 Å². The highest BCUT2D eigenvalue weighted by molar-refractivity contribution is 6.32. The number of pyridine rings is 2. The fraction of sp³-hybridized carbons (Fsp3) is 0.273. The Labute approximate surface area is 293 Å². The van der Waals surface area contributed by atoms with Crippen LogP contribution < -0.4 is 15.8 Å². The second kappa shape index (κ2) is 14.6. The van der Waals surface area contributed by atoms with E-state index in [0.717, 1.165) is 0 Å². The van der Waals surface area contributed by atoms with Crippen molar-refractivity contribution in [1.29, 1.82) is 0 Å². The van der Waals surface area contributed by atoms with Crippen LogP contribution in [0.15, 0.2) is 49.1 Å². The molecule has 3 N–H and O–H groups in total. The van der Waals surface area contributed by atoms with Crippen molar-refractivity contribution in [3.8, 4) is 28.1 Å². The van der Waals surface area contributed by atoms with Gasteiger partial charge in [0.15, 0.2) is 5.65 Å². The number of halogens is 4. The number of benzene rings is 1. The summed E-state index contributed by atoms with van der Waals surface area (Å²) >= 11 is 6.80. The number of fused-ring (bicyclic) bond motifs is 1. The Morgan fingerprint density at radius 1 is 1.02 bits per heavy atom. The molecule has 4 aromatic heterocycles. The van der Waals surface area contributed by atoms with E-state index >= 15 is 0 Å². The number of hydrogen-bond donors (Lipinski definition) is 2. The maximum Gasteiger partial charge on any atom is 0.490 e. The van der Waals surface area contributed by atoms with Crippen LogP contribution in [0.2, 0.25) is 5.02 Å². The van der Waals surface area contributed by atoms with E-state index in [1.54, 1.807) is 50.8 Å². The lowest BCUT2D eigenvalue weighted by Crippen LogP contribution is -2.27. The van der Waals surface area contributed by atoms with Gasteiger partial charge in [0.1, 0.15) is 48.2 Å². The van der Waals surface area contributed by atoms with Crippen LogP contribution in [0.1, 0.15) is 45.1 Å². The Bertz CT molecular complexity index is 2120. The average Bonchev–Trinajstić information content (AvgIpc) is 3.51. The van der Waals surface area contributed by atoms with Gasteiger partial charge in [-0.3, -0.25) is 19.6 Å². The second-order valence-corrected chi connectivity index (χ2v) is 11.7. The summed E-state index contributed by atoms with van der Waals surface area (Å²) in [6.45, 7) is 2.29. The fourth-order valence-corrected chi connectivity index (χ4v) is 5.42. The van der Waals surface area contributed by atoms with Crippen LogP contribution in [-0.4, -0.2) is 92.9 Å².